The number of aromatic nitrogens is 2. The second-order valence-electron chi connectivity index (χ2n) is 9.17. The van der Waals surface area contributed by atoms with E-state index < -0.39 is 10.0 Å². The average molecular weight is 517 g/mol. The fourth-order valence-corrected chi connectivity index (χ4v) is 6.28. The Morgan fingerprint density at radius 1 is 0.946 bits per heavy atom. The summed E-state index contributed by atoms with van der Waals surface area (Å²) in [5, 5.41) is 4.99. The van der Waals surface area contributed by atoms with Crippen molar-refractivity contribution in [2.75, 3.05) is 20.2 Å². The second-order valence-corrected chi connectivity index (χ2v) is 11.1. The monoisotopic (exact) mass is 516 g/mol. The van der Waals surface area contributed by atoms with Gasteiger partial charge >= 0.3 is 0 Å². The van der Waals surface area contributed by atoms with Crippen LogP contribution in [-0.2, 0) is 36.1 Å². The zero-order valence-corrected chi connectivity index (χ0v) is 22.1. The van der Waals surface area contributed by atoms with Crippen LogP contribution in [0.1, 0.15) is 29.4 Å². The largest absolute Gasteiger partial charge is 0.497 e. The SMILES string of the molecule is CCN(Cc1nn(-c2ccccc2)c2c1CN(Cc1ccc(OC)cc1)CC2)S(=O)(=O)c1ccccc1. The summed E-state index contributed by atoms with van der Waals surface area (Å²) in [6, 6.07) is 26.8. The lowest BCUT2D eigenvalue weighted by Gasteiger charge is -2.28. The highest BCUT2D eigenvalue weighted by atomic mass is 32.2. The van der Waals surface area contributed by atoms with Crippen molar-refractivity contribution >= 4 is 10.0 Å². The van der Waals surface area contributed by atoms with E-state index in [2.05, 4.69) is 17.0 Å². The molecular weight excluding hydrogens is 484 g/mol. The molecule has 0 fully saturated rings. The molecule has 4 aromatic rings. The maximum absolute atomic E-state index is 13.4. The number of para-hydroxylation sites is 1. The van der Waals surface area contributed by atoms with Crippen LogP contribution in [0.3, 0.4) is 0 Å². The van der Waals surface area contributed by atoms with E-state index in [0.29, 0.717) is 18.0 Å². The molecule has 1 aromatic heterocycles. The summed E-state index contributed by atoms with van der Waals surface area (Å²) in [4.78, 5) is 2.70. The number of fused-ring (bicyclic) bond motifs is 1. The minimum absolute atomic E-state index is 0.228. The fourth-order valence-electron chi connectivity index (χ4n) is 4.85. The van der Waals surface area contributed by atoms with Gasteiger partial charge in [0.1, 0.15) is 5.75 Å². The quantitative estimate of drug-likeness (QED) is 0.324. The van der Waals surface area contributed by atoms with E-state index >= 15 is 0 Å². The van der Waals surface area contributed by atoms with E-state index in [0.717, 1.165) is 47.9 Å². The summed E-state index contributed by atoms with van der Waals surface area (Å²) >= 11 is 0. The molecule has 1 aliphatic heterocycles. The van der Waals surface area contributed by atoms with Crippen molar-refractivity contribution in [2.45, 2.75) is 37.9 Å². The predicted molar refractivity (Wildman–Crippen MR) is 144 cm³/mol. The van der Waals surface area contributed by atoms with Gasteiger partial charge in [-0.2, -0.15) is 9.40 Å². The number of methoxy groups -OCH3 is 1. The van der Waals surface area contributed by atoms with E-state index in [1.807, 2.05) is 60.1 Å². The Kier molecular flexibility index (Phi) is 7.41. The average Bonchev–Trinajstić information content (AvgIpc) is 3.30. The standard InChI is InChI=1S/C29H32N4O3S/c1-3-32(37(34,35)26-12-8-5-9-13-26)22-28-27-21-31(20-23-14-16-25(36-2)17-15-23)19-18-29(27)33(30-28)24-10-6-4-7-11-24/h4-17H,3,18-22H2,1-2H3. The maximum atomic E-state index is 13.4. The molecule has 0 spiro atoms. The molecule has 0 N–H and O–H groups in total. The van der Waals surface area contributed by atoms with E-state index in [9.17, 15) is 8.42 Å². The number of benzene rings is 3. The Morgan fingerprint density at radius 3 is 2.27 bits per heavy atom. The van der Waals surface area contributed by atoms with Gasteiger partial charge in [0.05, 0.1) is 35.6 Å². The van der Waals surface area contributed by atoms with Crippen LogP contribution in [0.4, 0.5) is 0 Å². The smallest absolute Gasteiger partial charge is 0.243 e. The van der Waals surface area contributed by atoms with Crippen molar-refractivity contribution in [3.8, 4) is 11.4 Å². The van der Waals surface area contributed by atoms with Crippen LogP contribution in [0.25, 0.3) is 5.69 Å². The van der Waals surface area contributed by atoms with Crippen LogP contribution < -0.4 is 4.74 Å². The fraction of sp³-hybridized carbons (Fsp3) is 0.276. The topological polar surface area (TPSA) is 67.7 Å². The molecule has 2 heterocycles. The minimum Gasteiger partial charge on any atom is -0.497 e. The van der Waals surface area contributed by atoms with Crippen LogP contribution in [0.15, 0.2) is 89.8 Å². The first-order valence-corrected chi connectivity index (χ1v) is 14.0. The normalized spacial score (nSPS) is 14.0. The highest BCUT2D eigenvalue weighted by molar-refractivity contribution is 7.89. The number of hydrogen-bond donors (Lipinski definition) is 0. The Bertz CT molecular complexity index is 1440. The first kappa shape index (κ1) is 25.2. The number of hydrogen-bond acceptors (Lipinski definition) is 5. The van der Waals surface area contributed by atoms with Crippen LogP contribution in [0.2, 0.25) is 0 Å². The summed E-state index contributed by atoms with van der Waals surface area (Å²) in [6.45, 7) is 4.88. The van der Waals surface area contributed by atoms with Gasteiger partial charge in [-0.3, -0.25) is 4.90 Å². The molecule has 0 aliphatic carbocycles. The highest BCUT2D eigenvalue weighted by Crippen LogP contribution is 2.29. The first-order valence-electron chi connectivity index (χ1n) is 12.5. The van der Waals surface area contributed by atoms with Gasteiger partial charge in [0.25, 0.3) is 0 Å². The molecular formula is C29H32N4O3S. The predicted octanol–water partition coefficient (Wildman–Crippen LogP) is 4.65. The number of sulfonamides is 1. The summed E-state index contributed by atoms with van der Waals surface area (Å²) < 4.78 is 35.7. The number of ether oxygens (including phenoxy) is 1. The third-order valence-corrected chi connectivity index (χ3v) is 8.78. The molecule has 0 bridgehead atoms. The molecule has 8 heteroatoms. The Hall–Kier alpha value is -3.46. The zero-order chi connectivity index (χ0) is 25.8. The summed E-state index contributed by atoms with van der Waals surface area (Å²) in [6.07, 6.45) is 0.838. The number of rotatable bonds is 9. The first-order chi connectivity index (χ1) is 18.0. The molecule has 3 aromatic carbocycles. The van der Waals surface area contributed by atoms with E-state index in [4.69, 9.17) is 9.84 Å². The minimum atomic E-state index is -3.64. The van der Waals surface area contributed by atoms with E-state index in [1.165, 1.54) is 9.87 Å². The molecule has 192 valence electrons. The van der Waals surface area contributed by atoms with Crippen molar-refractivity contribution in [1.29, 1.82) is 0 Å². The van der Waals surface area contributed by atoms with E-state index in [1.54, 1.807) is 31.4 Å². The summed E-state index contributed by atoms with van der Waals surface area (Å²) in [5.74, 6) is 0.843. The molecule has 0 amide bonds. The van der Waals surface area contributed by atoms with Crippen LogP contribution in [-0.4, -0.2) is 47.6 Å². The zero-order valence-electron chi connectivity index (χ0n) is 21.2. The Balaban J connectivity index is 1.47. The van der Waals surface area contributed by atoms with Crippen molar-refractivity contribution in [2.24, 2.45) is 0 Å². The third-order valence-electron chi connectivity index (χ3n) is 6.85. The molecule has 0 atom stereocenters. The molecule has 5 rings (SSSR count). The molecule has 0 unspecified atom stereocenters. The molecule has 7 nitrogen and oxygen atoms in total. The molecule has 0 saturated heterocycles. The third kappa shape index (κ3) is 5.32. The lowest BCUT2D eigenvalue weighted by Crippen LogP contribution is -2.33. The summed E-state index contributed by atoms with van der Waals surface area (Å²) in [7, 11) is -1.97. The maximum Gasteiger partial charge on any atom is 0.243 e. The van der Waals surface area contributed by atoms with Gasteiger partial charge in [0, 0.05) is 38.2 Å². The van der Waals surface area contributed by atoms with Gasteiger partial charge in [-0.15, -0.1) is 0 Å². The van der Waals surface area contributed by atoms with Crippen molar-refractivity contribution in [3.63, 3.8) is 0 Å². The highest BCUT2D eigenvalue weighted by Gasteiger charge is 2.30. The van der Waals surface area contributed by atoms with Gasteiger partial charge in [-0.1, -0.05) is 55.5 Å². The van der Waals surface area contributed by atoms with Crippen molar-refractivity contribution in [3.05, 3.63) is 107 Å². The van der Waals surface area contributed by atoms with Crippen LogP contribution >= 0.6 is 0 Å². The van der Waals surface area contributed by atoms with Crippen LogP contribution in [0.5, 0.6) is 5.75 Å². The Morgan fingerprint density at radius 2 is 1.62 bits per heavy atom. The molecule has 37 heavy (non-hydrogen) atoms. The summed E-state index contributed by atoms with van der Waals surface area (Å²) in [5.41, 5.74) is 5.27. The molecule has 0 radical (unpaired) electrons. The van der Waals surface area contributed by atoms with Crippen LogP contribution in [0, 0.1) is 0 Å². The molecule has 1 aliphatic rings. The van der Waals surface area contributed by atoms with Gasteiger partial charge in [-0.25, -0.2) is 13.1 Å². The molecule has 0 saturated carbocycles. The van der Waals surface area contributed by atoms with Crippen molar-refractivity contribution in [1.82, 2.24) is 19.0 Å². The Labute approximate surface area is 219 Å². The van der Waals surface area contributed by atoms with Gasteiger partial charge in [0.2, 0.25) is 10.0 Å². The second kappa shape index (κ2) is 10.9. The lowest BCUT2D eigenvalue weighted by molar-refractivity contribution is 0.242. The lowest BCUT2D eigenvalue weighted by atomic mass is 10.0. The van der Waals surface area contributed by atoms with Gasteiger partial charge in [0.15, 0.2) is 0 Å². The number of nitrogens with zero attached hydrogens (tertiary/aromatic N) is 4. The van der Waals surface area contributed by atoms with E-state index in [-0.39, 0.29) is 6.54 Å². The van der Waals surface area contributed by atoms with Gasteiger partial charge in [-0.05, 0) is 42.0 Å². The van der Waals surface area contributed by atoms with Gasteiger partial charge < -0.3 is 4.74 Å². The van der Waals surface area contributed by atoms with Crippen molar-refractivity contribution < 1.29 is 13.2 Å².